The van der Waals surface area contributed by atoms with E-state index >= 15 is 0 Å². The third kappa shape index (κ3) is 3.32. The maximum Gasteiger partial charge on any atom is 0.307 e. The summed E-state index contributed by atoms with van der Waals surface area (Å²) in [6.07, 6.45) is 1.83. The van der Waals surface area contributed by atoms with Gasteiger partial charge in [-0.25, -0.2) is 0 Å². The van der Waals surface area contributed by atoms with Gasteiger partial charge in [-0.2, -0.15) is 5.10 Å². The molecule has 0 saturated heterocycles. The molecule has 2 atom stereocenters. The fraction of sp³-hybridized carbons (Fsp3) is 0.583. The molecule has 1 aromatic rings. The summed E-state index contributed by atoms with van der Waals surface area (Å²) in [5.41, 5.74) is 1.79. The largest absolute Gasteiger partial charge is 0.481 e. The van der Waals surface area contributed by atoms with Crippen molar-refractivity contribution >= 4 is 11.9 Å². The summed E-state index contributed by atoms with van der Waals surface area (Å²) in [5, 5.41) is 15.7. The van der Waals surface area contributed by atoms with Crippen molar-refractivity contribution in [2.75, 3.05) is 0 Å². The van der Waals surface area contributed by atoms with Crippen LogP contribution in [0.15, 0.2) is 6.20 Å². The third-order valence-electron chi connectivity index (χ3n) is 3.12. The van der Waals surface area contributed by atoms with Crippen molar-refractivity contribution in [2.45, 2.75) is 27.3 Å². The van der Waals surface area contributed by atoms with E-state index in [1.54, 1.807) is 11.6 Å². The molecule has 100 valence electrons. The molecule has 2 N–H and O–H groups in total. The molecule has 0 aliphatic rings. The monoisotopic (exact) mass is 253 g/mol. The lowest BCUT2D eigenvalue weighted by molar-refractivity contribution is -0.146. The Kier molecular flexibility index (Phi) is 4.47. The van der Waals surface area contributed by atoms with Crippen LogP contribution in [0.1, 0.15) is 25.1 Å². The van der Waals surface area contributed by atoms with Crippen LogP contribution < -0.4 is 5.32 Å². The molecular weight excluding hydrogens is 234 g/mol. The second-order valence-corrected chi connectivity index (χ2v) is 4.55. The van der Waals surface area contributed by atoms with E-state index in [4.69, 9.17) is 5.11 Å². The van der Waals surface area contributed by atoms with Gasteiger partial charge in [0.15, 0.2) is 0 Å². The third-order valence-corrected chi connectivity index (χ3v) is 3.12. The zero-order valence-electron chi connectivity index (χ0n) is 11.1. The minimum Gasteiger partial charge on any atom is -0.481 e. The van der Waals surface area contributed by atoms with Crippen molar-refractivity contribution < 1.29 is 14.7 Å². The van der Waals surface area contributed by atoms with Gasteiger partial charge in [0.05, 0.1) is 11.6 Å². The van der Waals surface area contributed by atoms with Crippen molar-refractivity contribution in [1.29, 1.82) is 0 Å². The molecule has 0 spiro atoms. The van der Waals surface area contributed by atoms with E-state index in [1.807, 2.05) is 20.2 Å². The van der Waals surface area contributed by atoms with Gasteiger partial charge in [0.2, 0.25) is 5.91 Å². The molecule has 0 bridgehead atoms. The van der Waals surface area contributed by atoms with Gasteiger partial charge < -0.3 is 10.4 Å². The van der Waals surface area contributed by atoms with E-state index in [1.165, 1.54) is 6.92 Å². The Labute approximate surface area is 106 Å². The Morgan fingerprint density at radius 1 is 1.44 bits per heavy atom. The summed E-state index contributed by atoms with van der Waals surface area (Å²) in [4.78, 5) is 22.6. The van der Waals surface area contributed by atoms with E-state index in [2.05, 4.69) is 10.4 Å². The minimum absolute atomic E-state index is 0.256. The van der Waals surface area contributed by atoms with Gasteiger partial charge in [0.25, 0.3) is 0 Å². The summed E-state index contributed by atoms with van der Waals surface area (Å²) in [7, 11) is 1.81. The van der Waals surface area contributed by atoms with Crippen molar-refractivity contribution in [3.8, 4) is 0 Å². The minimum atomic E-state index is -0.963. The molecule has 1 heterocycles. The van der Waals surface area contributed by atoms with Crippen molar-refractivity contribution in [3.63, 3.8) is 0 Å². The first-order valence-electron chi connectivity index (χ1n) is 5.82. The van der Waals surface area contributed by atoms with Gasteiger partial charge in [-0.15, -0.1) is 0 Å². The van der Waals surface area contributed by atoms with Gasteiger partial charge in [0.1, 0.15) is 0 Å². The molecule has 0 aliphatic heterocycles. The Bertz CT molecular complexity index is 453. The zero-order chi connectivity index (χ0) is 13.9. The van der Waals surface area contributed by atoms with Crippen molar-refractivity contribution in [2.24, 2.45) is 18.9 Å². The Hall–Kier alpha value is -1.85. The van der Waals surface area contributed by atoms with Crippen LogP contribution in [0.5, 0.6) is 0 Å². The second-order valence-electron chi connectivity index (χ2n) is 4.55. The number of rotatable bonds is 5. The molecule has 6 nitrogen and oxygen atoms in total. The molecule has 6 heteroatoms. The molecule has 1 rings (SSSR count). The summed E-state index contributed by atoms with van der Waals surface area (Å²) >= 11 is 0. The molecule has 0 aromatic carbocycles. The molecule has 0 aliphatic carbocycles. The number of aromatic nitrogens is 2. The average molecular weight is 253 g/mol. The zero-order valence-corrected chi connectivity index (χ0v) is 11.1. The van der Waals surface area contributed by atoms with Crippen LogP contribution in [0.4, 0.5) is 0 Å². The lowest BCUT2D eigenvalue weighted by Gasteiger charge is -2.15. The smallest absolute Gasteiger partial charge is 0.307 e. The Morgan fingerprint density at radius 2 is 2.06 bits per heavy atom. The number of hydrogen-bond donors (Lipinski definition) is 2. The molecule has 1 amide bonds. The number of aliphatic carboxylic acids is 1. The summed E-state index contributed by atoms with van der Waals surface area (Å²) in [5.74, 6) is -2.47. The maximum atomic E-state index is 11.8. The van der Waals surface area contributed by atoms with Crippen LogP contribution in [-0.2, 0) is 23.2 Å². The van der Waals surface area contributed by atoms with Gasteiger partial charge in [-0.05, 0) is 6.92 Å². The molecule has 0 radical (unpaired) electrons. The first-order valence-corrected chi connectivity index (χ1v) is 5.82. The first-order chi connectivity index (χ1) is 8.32. The fourth-order valence-corrected chi connectivity index (χ4v) is 1.61. The van der Waals surface area contributed by atoms with Crippen LogP contribution in [0.25, 0.3) is 0 Å². The van der Waals surface area contributed by atoms with Gasteiger partial charge in [0, 0.05) is 31.3 Å². The molecular formula is C12H19N3O3. The van der Waals surface area contributed by atoms with Gasteiger partial charge in [-0.1, -0.05) is 13.8 Å². The Morgan fingerprint density at radius 3 is 2.50 bits per heavy atom. The highest BCUT2D eigenvalue weighted by molar-refractivity contribution is 5.84. The summed E-state index contributed by atoms with van der Waals surface area (Å²) in [6, 6.07) is 0. The van der Waals surface area contributed by atoms with E-state index in [9.17, 15) is 9.59 Å². The number of amides is 1. The number of carbonyl (C=O) groups excluding carboxylic acids is 1. The average Bonchev–Trinajstić information content (AvgIpc) is 2.62. The Balaban J connectivity index is 2.56. The van der Waals surface area contributed by atoms with E-state index < -0.39 is 17.8 Å². The quantitative estimate of drug-likeness (QED) is 0.809. The van der Waals surface area contributed by atoms with Crippen LogP contribution in [0.2, 0.25) is 0 Å². The van der Waals surface area contributed by atoms with E-state index in [-0.39, 0.29) is 5.91 Å². The maximum absolute atomic E-state index is 11.8. The molecule has 18 heavy (non-hydrogen) atoms. The molecule has 0 fully saturated rings. The SMILES string of the molecule is Cc1nn(C)cc1CNC(=O)C(C)C(C)C(=O)O. The molecule has 0 saturated carbocycles. The number of carboxylic acid groups (broad SMARTS) is 1. The molecule has 2 unspecified atom stereocenters. The lowest BCUT2D eigenvalue weighted by Crippen LogP contribution is -2.34. The van der Waals surface area contributed by atoms with Crippen molar-refractivity contribution in [3.05, 3.63) is 17.5 Å². The van der Waals surface area contributed by atoms with Crippen LogP contribution in [0, 0.1) is 18.8 Å². The standard InChI is InChI=1S/C12H19N3O3/c1-7(8(2)12(17)18)11(16)13-5-10-6-15(4)14-9(10)3/h6-8H,5H2,1-4H3,(H,13,16)(H,17,18). The van der Waals surface area contributed by atoms with E-state index in [0.717, 1.165) is 11.3 Å². The number of nitrogens with one attached hydrogen (secondary N) is 1. The van der Waals surface area contributed by atoms with Crippen molar-refractivity contribution in [1.82, 2.24) is 15.1 Å². The predicted octanol–water partition coefficient (Wildman–Crippen LogP) is 0.702. The van der Waals surface area contributed by atoms with E-state index in [0.29, 0.717) is 6.54 Å². The second kappa shape index (κ2) is 5.66. The number of aryl methyl sites for hydroxylation is 2. The highest BCUT2D eigenvalue weighted by Crippen LogP contribution is 2.12. The van der Waals surface area contributed by atoms with Crippen LogP contribution in [0.3, 0.4) is 0 Å². The lowest BCUT2D eigenvalue weighted by atomic mass is 9.95. The number of carbonyl (C=O) groups is 2. The number of nitrogens with zero attached hydrogens (tertiary/aromatic N) is 2. The van der Waals surface area contributed by atoms with Gasteiger partial charge in [-0.3, -0.25) is 14.3 Å². The highest BCUT2D eigenvalue weighted by atomic mass is 16.4. The fourth-order valence-electron chi connectivity index (χ4n) is 1.61. The van der Waals surface area contributed by atoms with Crippen LogP contribution >= 0.6 is 0 Å². The van der Waals surface area contributed by atoms with Gasteiger partial charge >= 0.3 is 5.97 Å². The summed E-state index contributed by atoms with van der Waals surface area (Å²) < 4.78 is 1.68. The molecule has 1 aromatic heterocycles. The normalized spacial score (nSPS) is 14.0. The number of carboxylic acids is 1. The highest BCUT2D eigenvalue weighted by Gasteiger charge is 2.25. The first kappa shape index (κ1) is 14.2. The topological polar surface area (TPSA) is 84.2 Å². The van der Waals surface area contributed by atoms with Crippen LogP contribution in [-0.4, -0.2) is 26.8 Å². The predicted molar refractivity (Wildman–Crippen MR) is 65.8 cm³/mol. The number of hydrogen-bond acceptors (Lipinski definition) is 3. The summed E-state index contributed by atoms with van der Waals surface area (Å²) in [6.45, 7) is 5.38.